The number of nitrogens with one attached hydrogen (secondary N) is 1. The summed E-state index contributed by atoms with van der Waals surface area (Å²) >= 11 is 0. The van der Waals surface area contributed by atoms with Crippen molar-refractivity contribution in [2.45, 2.75) is 12.7 Å². The summed E-state index contributed by atoms with van der Waals surface area (Å²) in [5, 5.41) is 15.8. The van der Waals surface area contributed by atoms with E-state index in [2.05, 4.69) is 15.4 Å². The first-order valence-corrected chi connectivity index (χ1v) is 7.37. The Labute approximate surface area is 148 Å². The first-order chi connectivity index (χ1) is 12.7. The molecule has 0 amide bonds. The van der Waals surface area contributed by atoms with E-state index in [-0.39, 0.29) is 28.0 Å². The van der Waals surface area contributed by atoms with E-state index in [4.69, 9.17) is 0 Å². The van der Waals surface area contributed by atoms with Crippen LogP contribution in [0.5, 0.6) is 0 Å². The smallest absolute Gasteiger partial charge is 0.451 e. The summed E-state index contributed by atoms with van der Waals surface area (Å²) in [4.78, 5) is 26.3. The van der Waals surface area contributed by atoms with E-state index in [1.165, 1.54) is 24.5 Å². The second-order valence-corrected chi connectivity index (χ2v) is 5.44. The number of carbonyl (C=O) groups is 2. The van der Waals surface area contributed by atoms with E-state index in [1.807, 2.05) is 0 Å². The van der Waals surface area contributed by atoms with Crippen LogP contribution in [-0.4, -0.2) is 37.8 Å². The fourth-order valence-electron chi connectivity index (χ4n) is 2.40. The topological polar surface area (TPSA) is 97.1 Å². The van der Waals surface area contributed by atoms with Crippen molar-refractivity contribution < 1.29 is 32.3 Å². The minimum atomic E-state index is -5.05. The lowest BCUT2D eigenvalue weighted by atomic mass is 10.2. The van der Waals surface area contributed by atoms with Gasteiger partial charge in [0.1, 0.15) is 12.4 Å². The van der Waals surface area contributed by atoms with Gasteiger partial charge in [0.2, 0.25) is 0 Å². The number of carboxylic acids is 1. The Bertz CT molecular complexity index is 1050. The van der Waals surface area contributed by atoms with Crippen molar-refractivity contribution in [2.24, 2.45) is 0 Å². The molecule has 0 saturated carbocycles. The number of nitrogens with zero attached hydrogens (tertiary/aromatic N) is 3. The van der Waals surface area contributed by atoms with Crippen molar-refractivity contribution in [3.63, 3.8) is 0 Å². The van der Waals surface area contributed by atoms with Crippen LogP contribution >= 0.6 is 0 Å². The third-order valence-corrected chi connectivity index (χ3v) is 3.63. The highest BCUT2D eigenvalue weighted by Gasteiger charge is 2.38. The fraction of sp³-hybridized carbons (Fsp3) is 0.125. The summed E-state index contributed by atoms with van der Waals surface area (Å²) in [6.45, 7) is -1.11. The van der Waals surface area contributed by atoms with E-state index in [1.54, 1.807) is 0 Å². The number of carboxylic acid groups (broad SMARTS) is 1. The molecule has 0 bridgehead atoms. The number of halogens is 4. The van der Waals surface area contributed by atoms with Gasteiger partial charge in [-0.2, -0.15) is 18.3 Å². The minimum absolute atomic E-state index is 0.00274. The Morgan fingerprint density at radius 1 is 1.22 bits per heavy atom. The Morgan fingerprint density at radius 2 is 1.96 bits per heavy atom. The van der Waals surface area contributed by atoms with Gasteiger partial charge in [-0.15, -0.1) is 0 Å². The average molecular weight is 382 g/mol. The van der Waals surface area contributed by atoms with E-state index in [0.717, 1.165) is 16.8 Å². The number of aromatic nitrogens is 3. The lowest BCUT2D eigenvalue weighted by Gasteiger charge is -2.07. The summed E-state index contributed by atoms with van der Waals surface area (Å²) in [7, 11) is 0. The zero-order valence-electron chi connectivity index (χ0n) is 13.3. The Kier molecular flexibility index (Phi) is 4.52. The molecule has 2 N–H and O–H groups in total. The van der Waals surface area contributed by atoms with Crippen LogP contribution in [0, 0.1) is 5.82 Å². The van der Waals surface area contributed by atoms with Crippen molar-refractivity contribution in [3.05, 3.63) is 48.0 Å². The molecule has 1 aromatic carbocycles. The predicted octanol–water partition coefficient (Wildman–Crippen LogP) is 3.14. The van der Waals surface area contributed by atoms with Crippen LogP contribution in [0.1, 0.15) is 10.4 Å². The highest BCUT2D eigenvalue weighted by molar-refractivity contribution is 5.98. The molecule has 7 nitrogen and oxygen atoms in total. The summed E-state index contributed by atoms with van der Waals surface area (Å²) in [5.74, 6) is -4.11. The van der Waals surface area contributed by atoms with Crippen LogP contribution in [-0.2, 0) is 11.3 Å². The van der Waals surface area contributed by atoms with Gasteiger partial charge in [-0.1, -0.05) is 0 Å². The van der Waals surface area contributed by atoms with Crippen LogP contribution in [0.3, 0.4) is 0 Å². The zero-order valence-corrected chi connectivity index (χ0v) is 13.3. The fourth-order valence-corrected chi connectivity index (χ4v) is 2.40. The van der Waals surface area contributed by atoms with Gasteiger partial charge in [-0.05, 0) is 24.3 Å². The van der Waals surface area contributed by atoms with Gasteiger partial charge >= 0.3 is 12.1 Å². The van der Waals surface area contributed by atoms with Crippen molar-refractivity contribution in [3.8, 4) is 0 Å². The van der Waals surface area contributed by atoms with E-state index < -0.39 is 30.3 Å². The Morgan fingerprint density at radius 3 is 2.63 bits per heavy atom. The second-order valence-electron chi connectivity index (χ2n) is 5.44. The molecule has 0 aliphatic carbocycles. The van der Waals surface area contributed by atoms with Gasteiger partial charge in [-0.25, -0.2) is 9.18 Å². The Hall–Kier alpha value is -3.50. The molecule has 0 radical (unpaired) electrons. The zero-order chi connectivity index (χ0) is 19.8. The lowest BCUT2D eigenvalue weighted by molar-refractivity contribution is -0.171. The van der Waals surface area contributed by atoms with Crippen molar-refractivity contribution in [2.75, 3.05) is 5.32 Å². The average Bonchev–Trinajstić information content (AvgIpc) is 2.91. The number of fused-ring (bicyclic) bond motifs is 1. The van der Waals surface area contributed by atoms with Gasteiger partial charge in [0, 0.05) is 11.6 Å². The molecule has 11 heteroatoms. The van der Waals surface area contributed by atoms with Crippen LogP contribution in [0.2, 0.25) is 0 Å². The quantitative estimate of drug-likeness (QED) is 0.658. The van der Waals surface area contributed by atoms with Crippen LogP contribution in [0.15, 0.2) is 36.7 Å². The van der Waals surface area contributed by atoms with E-state index >= 15 is 0 Å². The molecule has 0 aliphatic heterocycles. The molecule has 27 heavy (non-hydrogen) atoms. The Balaban J connectivity index is 2.07. The van der Waals surface area contributed by atoms with Crippen molar-refractivity contribution >= 4 is 34.2 Å². The number of hydrogen-bond acceptors (Lipinski definition) is 5. The van der Waals surface area contributed by atoms with Gasteiger partial charge in [0.25, 0.3) is 5.78 Å². The third-order valence-electron chi connectivity index (χ3n) is 3.63. The number of alkyl halides is 3. The van der Waals surface area contributed by atoms with Gasteiger partial charge in [0.15, 0.2) is 5.82 Å². The number of rotatable bonds is 5. The van der Waals surface area contributed by atoms with Gasteiger partial charge < -0.3 is 10.4 Å². The number of benzene rings is 1. The van der Waals surface area contributed by atoms with E-state index in [0.29, 0.717) is 0 Å². The molecule has 3 rings (SSSR count). The van der Waals surface area contributed by atoms with Crippen LogP contribution in [0.25, 0.3) is 10.9 Å². The highest BCUT2D eigenvalue weighted by atomic mass is 19.4. The molecular weight excluding hydrogens is 372 g/mol. The standard InChI is InChI=1S/C16H10F4N4O3/c17-8-1-2-12-10(5-8)14(23-24(12)7-13(25)16(18,19)20)22-11-6-21-4-3-9(11)15(26)27/h1-6H,7H2,(H,22,23)(H,26,27). The second kappa shape index (κ2) is 6.67. The SMILES string of the molecule is O=C(O)c1ccncc1Nc1nn(CC(=O)C(F)(F)F)c2ccc(F)cc12. The molecule has 3 aromatic rings. The highest BCUT2D eigenvalue weighted by Crippen LogP contribution is 2.29. The molecule has 0 aliphatic rings. The number of pyridine rings is 1. The number of aromatic carboxylic acids is 1. The predicted molar refractivity (Wildman–Crippen MR) is 85.2 cm³/mol. The van der Waals surface area contributed by atoms with Crippen molar-refractivity contribution in [1.29, 1.82) is 0 Å². The summed E-state index contributed by atoms with van der Waals surface area (Å²) in [6, 6.07) is 4.40. The van der Waals surface area contributed by atoms with Gasteiger partial charge in [0.05, 0.1) is 23.0 Å². The lowest BCUT2D eigenvalue weighted by Crippen LogP contribution is -2.27. The molecule has 2 heterocycles. The van der Waals surface area contributed by atoms with Crippen LogP contribution < -0.4 is 5.32 Å². The maximum absolute atomic E-state index is 13.6. The first kappa shape index (κ1) is 18.3. The van der Waals surface area contributed by atoms with Crippen LogP contribution in [0.4, 0.5) is 29.1 Å². The third kappa shape index (κ3) is 3.71. The summed E-state index contributed by atoms with van der Waals surface area (Å²) in [6.07, 6.45) is -2.63. The first-order valence-electron chi connectivity index (χ1n) is 7.37. The molecule has 0 atom stereocenters. The largest absolute Gasteiger partial charge is 0.478 e. The molecule has 0 saturated heterocycles. The molecule has 2 aromatic heterocycles. The molecule has 140 valence electrons. The minimum Gasteiger partial charge on any atom is -0.478 e. The molecule has 0 spiro atoms. The summed E-state index contributed by atoms with van der Waals surface area (Å²) in [5.41, 5.74) is -0.101. The van der Waals surface area contributed by atoms with Crippen molar-refractivity contribution in [1.82, 2.24) is 14.8 Å². The van der Waals surface area contributed by atoms with E-state index in [9.17, 15) is 32.3 Å². The normalized spacial score (nSPS) is 11.6. The monoisotopic (exact) mass is 382 g/mol. The molecule has 0 fully saturated rings. The number of hydrogen-bond donors (Lipinski definition) is 2. The number of anilines is 2. The maximum atomic E-state index is 13.6. The number of ketones is 1. The summed E-state index contributed by atoms with van der Waals surface area (Å²) < 4.78 is 52.0. The molecular formula is C16H10F4N4O3. The number of Topliss-reactive ketones (excluding diaryl/α,β-unsaturated/α-hetero) is 1. The molecule has 0 unspecified atom stereocenters. The number of carbonyl (C=O) groups excluding carboxylic acids is 1. The maximum Gasteiger partial charge on any atom is 0.451 e. The van der Waals surface area contributed by atoms with Gasteiger partial charge in [-0.3, -0.25) is 14.5 Å².